The lowest BCUT2D eigenvalue weighted by Gasteiger charge is -2.27. The zero-order valence-electron chi connectivity index (χ0n) is 17.9. The van der Waals surface area contributed by atoms with E-state index in [4.69, 9.17) is 14.7 Å². The molecule has 0 spiro atoms. The molecule has 7 nitrogen and oxygen atoms in total. The van der Waals surface area contributed by atoms with Crippen LogP contribution in [0.2, 0.25) is 0 Å². The highest BCUT2D eigenvalue weighted by Gasteiger charge is 2.20. The van der Waals surface area contributed by atoms with Gasteiger partial charge in [0.1, 0.15) is 17.0 Å². The molecule has 2 aromatic carbocycles. The van der Waals surface area contributed by atoms with Gasteiger partial charge in [-0.15, -0.1) is 0 Å². The molecule has 1 aliphatic heterocycles. The van der Waals surface area contributed by atoms with Gasteiger partial charge in [-0.05, 0) is 17.7 Å². The number of anilines is 1. The van der Waals surface area contributed by atoms with Crippen LogP contribution in [0.5, 0.6) is 5.75 Å². The number of phenolic OH excluding ortho intramolecular Hbond substituents is 1. The van der Waals surface area contributed by atoms with Crippen molar-refractivity contribution in [2.45, 2.75) is 20.4 Å². The fraction of sp³-hybridized carbons (Fsp3) is 0.292. The maximum Gasteiger partial charge on any atom is 0.228 e. The molecule has 1 aliphatic rings. The number of hydrogen-bond donors (Lipinski definition) is 1. The lowest BCUT2D eigenvalue weighted by Crippen LogP contribution is -2.37. The van der Waals surface area contributed by atoms with E-state index in [1.54, 1.807) is 12.1 Å². The predicted molar refractivity (Wildman–Crippen MR) is 122 cm³/mol. The highest BCUT2D eigenvalue weighted by Crippen LogP contribution is 2.30. The Kier molecular flexibility index (Phi) is 6.43. The van der Waals surface area contributed by atoms with Gasteiger partial charge in [-0.1, -0.05) is 56.3 Å². The molecule has 160 valence electrons. The van der Waals surface area contributed by atoms with Crippen LogP contribution in [0.3, 0.4) is 0 Å². The summed E-state index contributed by atoms with van der Waals surface area (Å²) >= 11 is 0. The normalized spacial score (nSPS) is 13.7. The van der Waals surface area contributed by atoms with Crippen LogP contribution < -0.4 is 4.90 Å². The first-order valence-corrected chi connectivity index (χ1v) is 10.7. The number of fused-ring (bicyclic) bond motifs is 1. The second-order valence-electron chi connectivity index (χ2n) is 7.05. The number of benzene rings is 2. The van der Waals surface area contributed by atoms with Crippen molar-refractivity contribution in [3.05, 3.63) is 66.5 Å². The molecular weight excluding hydrogens is 390 g/mol. The van der Waals surface area contributed by atoms with Crippen LogP contribution in [-0.2, 0) is 11.3 Å². The molecule has 31 heavy (non-hydrogen) atoms. The van der Waals surface area contributed by atoms with E-state index in [2.05, 4.69) is 22.0 Å². The van der Waals surface area contributed by atoms with Crippen LogP contribution in [0.15, 0.2) is 60.9 Å². The summed E-state index contributed by atoms with van der Waals surface area (Å²) in [5.74, 6) is 0.861. The fourth-order valence-corrected chi connectivity index (χ4v) is 3.59. The lowest BCUT2D eigenvalue weighted by molar-refractivity contribution is 0.122. The zero-order valence-corrected chi connectivity index (χ0v) is 17.9. The van der Waals surface area contributed by atoms with Crippen molar-refractivity contribution >= 4 is 17.1 Å². The number of imidazole rings is 1. The summed E-state index contributed by atoms with van der Waals surface area (Å²) in [5, 5.41) is 9.97. The first kappa shape index (κ1) is 20.8. The molecule has 3 heterocycles. The van der Waals surface area contributed by atoms with Gasteiger partial charge >= 0.3 is 0 Å². The number of ether oxygens (including phenoxy) is 1. The average molecular weight is 418 g/mol. The van der Waals surface area contributed by atoms with E-state index in [0.29, 0.717) is 25.7 Å². The van der Waals surface area contributed by atoms with Crippen LogP contribution in [0, 0.1) is 0 Å². The van der Waals surface area contributed by atoms with E-state index in [9.17, 15) is 5.11 Å². The molecular formula is C24H27N5O2. The maximum absolute atomic E-state index is 9.97. The molecule has 0 bridgehead atoms. The van der Waals surface area contributed by atoms with Crippen molar-refractivity contribution in [3.63, 3.8) is 0 Å². The molecule has 2 aromatic heterocycles. The first-order valence-electron chi connectivity index (χ1n) is 10.7. The number of aromatic hydroxyl groups is 1. The van der Waals surface area contributed by atoms with Gasteiger partial charge in [-0.2, -0.15) is 4.98 Å². The lowest BCUT2D eigenvalue weighted by atomic mass is 10.1. The minimum absolute atomic E-state index is 0.200. The number of rotatable bonds is 4. The molecule has 5 rings (SSSR count). The smallest absolute Gasteiger partial charge is 0.228 e. The van der Waals surface area contributed by atoms with E-state index in [0.717, 1.165) is 35.5 Å². The van der Waals surface area contributed by atoms with E-state index < -0.39 is 0 Å². The molecule has 1 fully saturated rings. The van der Waals surface area contributed by atoms with Gasteiger partial charge in [0.05, 0.1) is 26.1 Å². The predicted octanol–water partition coefficient (Wildman–Crippen LogP) is 4.11. The average Bonchev–Trinajstić information content (AvgIpc) is 3.23. The molecule has 0 radical (unpaired) electrons. The molecule has 0 saturated carbocycles. The standard InChI is InChI=1S/C22H21N5O2.C2H6/c28-18-8-4-7-17(13-18)19-20-21(25-22(24-19)26-9-11-29-12-10-26)27(15-23-20)14-16-5-2-1-3-6-16;1-2/h1-8,13,15,28H,9-12,14H2;1-2H3. The quantitative estimate of drug-likeness (QED) is 0.539. The minimum Gasteiger partial charge on any atom is -0.508 e. The van der Waals surface area contributed by atoms with Crippen LogP contribution in [0.25, 0.3) is 22.4 Å². The van der Waals surface area contributed by atoms with E-state index >= 15 is 0 Å². The van der Waals surface area contributed by atoms with Crippen LogP contribution in [-0.4, -0.2) is 50.9 Å². The van der Waals surface area contributed by atoms with Crippen molar-refractivity contribution in [2.75, 3.05) is 31.2 Å². The Morgan fingerprint density at radius 3 is 2.48 bits per heavy atom. The summed E-state index contributed by atoms with van der Waals surface area (Å²) in [6, 6.07) is 17.3. The Labute approximate surface area is 182 Å². The van der Waals surface area contributed by atoms with Crippen LogP contribution >= 0.6 is 0 Å². The van der Waals surface area contributed by atoms with Gasteiger partial charge in [-0.3, -0.25) is 0 Å². The van der Waals surface area contributed by atoms with Crippen molar-refractivity contribution in [1.29, 1.82) is 0 Å². The Morgan fingerprint density at radius 2 is 1.74 bits per heavy atom. The van der Waals surface area contributed by atoms with Crippen molar-refractivity contribution in [2.24, 2.45) is 0 Å². The second-order valence-corrected chi connectivity index (χ2v) is 7.05. The molecule has 0 atom stereocenters. The Morgan fingerprint density at radius 1 is 0.968 bits per heavy atom. The highest BCUT2D eigenvalue weighted by molar-refractivity contribution is 5.88. The summed E-state index contributed by atoms with van der Waals surface area (Å²) in [6.45, 7) is 7.49. The monoisotopic (exact) mass is 417 g/mol. The van der Waals surface area contributed by atoms with Gasteiger partial charge in [0.2, 0.25) is 5.95 Å². The Bertz CT molecular complexity index is 1140. The van der Waals surface area contributed by atoms with E-state index in [-0.39, 0.29) is 5.75 Å². The number of aromatic nitrogens is 4. The van der Waals surface area contributed by atoms with Gasteiger partial charge in [-0.25, -0.2) is 9.97 Å². The molecule has 0 aliphatic carbocycles. The third-order valence-electron chi connectivity index (χ3n) is 5.06. The molecule has 0 amide bonds. The van der Waals surface area contributed by atoms with Gasteiger partial charge in [0.25, 0.3) is 0 Å². The largest absolute Gasteiger partial charge is 0.508 e. The summed E-state index contributed by atoms with van der Waals surface area (Å²) in [7, 11) is 0. The topological polar surface area (TPSA) is 76.3 Å². The Balaban J connectivity index is 0.00000112. The molecule has 4 aromatic rings. The fourth-order valence-electron chi connectivity index (χ4n) is 3.59. The van der Waals surface area contributed by atoms with Crippen molar-refractivity contribution < 1.29 is 9.84 Å². The summed E-state index contributed by atoms with van der Waals surface area (Å²) < 4.78 is 7.52. The zero-order chi connectivity index (χ0) is 21.6. The Hall–Kier alpha value is -3.45. The van der Waals surface area contributed by atoms with Crippen molar-refractivity contribution in [3.8, 4) is 17.0 Å². The maximum atomic E-state index is 9.97. The third-order valence-corrected chi connectivity index (χ3v) is 5.06. The number of hydrogen-bond acceptors (Lipinski definition) is 6. The van der Waals surface area contributed by atoms with E-state index in [1.165, 1.54) is 5.56 Å². The van der Waals surface area contributed by atoms with Gasteiger partial charge in [0, 0.05) is 18.7 Å². The SMILES string of the molecule is CC.Oc1cccc(-c2nc(N3CCOCC3)nc3c2ncn3Cc2ccccc2)c1. The third kappa shape index (κ3) is 4.51. The number of nitrogens with zero attached hydrogens (tertiary/aromatic N) is 5. The number of morpholine rings is 1. The minimum atomic E-state index is 0.200. The molecule has 7 heteroatoms. The summed E-state index contributed by atoms with van der Waals surface area (Å²) in [4.78, 5) is 16.4. The second kappa shape index (κ2) is 9.57. The molecule has 1 N–H and O–H groups in total. The van der Waals surface area contributed by atoms with Gasteiger partial charge < -0.3 is 19.3 Å². The van der Waals surface area contributed by atoms with E-state index in [1.807, 2.05) is 55.1 Å². The van der Waals surface area contributed by atoms with Crippen molar-refractivity contribution in [1.82, 2.24) is 19.5 Å². The molecule has 1 saturated heterocycles. The summed E-state index contributed by atoms with van der Waals surface area (Å²) in [6.07, 6.45) is 1.81. The number of phenols is 1. The summed E-state index contributed by atoms with van der Waals surface area (Å²) in [5.41, 5.74) is 4.22. The first-order chi connectivity index (χ1) is 15.3. The van der Waals surface area contributed by atoms with Gasteiger partial charge in [0.15, 0.2) is 5.65 Å². The van der Waals surface area contributed by atoms with Crippen LogP contribution in [0.4, 0.5) is 5.95 Å². The molecule has 0 unspecified atom stereocenters. The van der Waals surface area contributed by atoms with Crippen LogP contribution in [0.1, 0.15) is 19.4 Å². The highest BCUT2D eigenvalue weighted by atomic mass is 16.5.